The van der Waals surface area contributed by atoms with Gasteiger partial charge in [-0.25, -0.2) is 8.78 Å². The number of rotatable bonds is 8. The number of primary amides is 1. The quantitative estimate of drug-likeness (QED) is 0.514. The van der Waals surface area contributed by atoms with Gasteiger partial charge < -0.3 is 25.4 Å². The number of hydrogen-bond acceptors (Lipinski definition) is 6. The van der Waals surface area contributed by atoms with Gasteiger partial charge in [-0.05, 0) is 82.4 Å². The number of nitrogens with zero attached hydrogens (tertiary/aromatic N) is 3. The second kappa shape index (κ2) is 11.5. The van der Waals surface area contributed by atoms with Gasteiger partial charge in [0.1, 0.15) is 22.8 Å². The Bertz CT molecular complexity index is 1310. The summed E-state index contributed by atoms with van der Waals surface area (Å²) in [6.07, 6.45) is 0.721. The van der Waals surface area contributed by atoms with E-state index in [4.69, 9.17) is 10.5 Å². The van der Waals surface area contributed by atoms with Crippen molar-refractivity contribution in [1.29, 1.82) is 5.26 Å². The van der Waals surface area contributed by atoms with Crippen LogP contribution < -0.4 is 10.5 Å². The Hall–Kier alpha value is -3.55. The third kappa shape index (κ3) is 6.26. The lowest BCUT2D eigenvalue weighted by molar-refractivity contribution is -0.126. The molecule has 0 spiro atoms. The molecule has 10 heteroatoms. The standard InChI is InChI=1S/C30H36F2N4O4/c1-29(2,32)18-35-11-9-19(10-12-35)17-40-22-7-8-23(20(13-22)15-33)24-5-4-6-25(31)26(24)27(38)36-16-21(37)14-30(36,3)28(34)39/h4-8,13,19,21,37H,9-12,14,16-18H2,1-3H3,(H2,34,39)/t21-,30+/m1/s1. The van der Waals surface area contributed by atoms with Crippen LogP contribution in [0.2, 0.25) is 0 Å². The molecule has 4 rings (SSSR count). The molecule has 2 fully saturated rings. The normalized spacial score (nSPS) is 22.2. The number of alkyl halides is 1. The van der Waals surface area contributed by atoms with Gasteiger partial charge in [-0.3, -0.25) is 9.59 Å². The molecule has 0 aromatic heterocycles. The number of likely N-dealkylation sites (tertiary alicyclic amines) is 2. The van der Waals surface area contributed by atoms with Gasteiger partial charge in [0.15, 0.2) is 0 Å². The maximum Gasteiger partial charge on any atom is 0.258 e. The number of nitriles is 1. The molecular formula is C30H36F2N4O4. The van der Waals surface area contributed by atoms with Crippen molar-refractivity contribution in [2.45, 2.75) is 57.3 Å². The average molecular weight is 555 g/mol. The Labute approximate surface area is 233 Å². The molecule has 2 saturated heterocycles. The number of carbonyl (C=O) groups excluding carboxylic acids is 2. The zero-order chi connectivity index (χ0) is 29.2. The highest BCUT2D eigenvalue weighted by molar-refractivity contribution is 6.04. The van der Waals surface area contributed by atoms with Gasteiger partial charge in [0.25, 0.3) is 5.91 Å². The van der Waals surface area contributed by atoms with E-state index in [-0.39, 0.29) is 29.7 Å². The maximum atomic E-state index is 15.2. The molecule has 2 aromatic carbocycles. The van der Waals surface area contributed by atoms with E-state index in [1.165, 1.54) is 19.1 Å². The smallest absolute Gasteiger partial charge is 0.258 e. The number of amides is 2. The third-order valence-corrected chi connectivity index (χ3v) is 7.82. The summed E-state index contributed by atoms with van der Waals surface area (Å²) >= 11 is 0. The number of piperidine rings is 1. The van der Waals surface area contributed by atoms with Crippen molar-refractivity contribution in [2.24, 2.45) is 11.7 Å². The molecule has 0 saturated carbocycles. The molecule has 3 N–H and O–H groups in total. The van der Waals surface area contributed by atoms with Crippen LogP contribution in [-0.2, 0) is 4.79 Å². The van der Waals surface area contributed by atoms with Crippen molar-refractivity contribution in [3.63, 3.8) is 0 Å². The van der Waals surface area contributed by atoms with Crippen molar-refractivity contribution in [1.82, 2.24) is 9.80 Å². The summed E-state index contributed by atoms with van der Waals surface area (Å²) in [5.41, 5.74) is 3.24. The van der Waals surface area contributed by atoms with E-state index in [2.05, 4.69) is 11.0 Å². The molecule has 40 heavy (non-hydrogen) atoms. The Balaban J connectivity index is 1.53. The highest BCUT2D eigenvalue weighted by atomic mass is 19.1. The predicted octanol–water partition coefficient (Wildman–Crippen LogP) is 3.65. The second-order valence-corrected chi connectivity index (χ2v) is 11.6. The number of hydrogen-bond donors (Lipinski definition) is 2. The maximum absolute atomic E-state index is 15.2. The molecule has 214 valence electrons. The van der Waals surface area contributed by atoms with Crippen molar-refractivity contribution in [3.05, 3.63) is 53.3 Å². The molecule has 0 bridgehead atoms. The molecule has 2 heterocycles. The molecule has 0 aliphatic carbocycles. The van der Waals surface area contributed by atoms with E-state index in [1.807, 2.05) is 0 Å². The molecule has 2 aromatic rings. The third-order valence-electron chi connectivity index (χ3n) is 7.82. The predicted molar refractivity (Wildman–Crippen MR) is 146 cm³/mol. The second-order valence-electron chi connectivity index (χ2n) is 11.6. The van der Waals surface area contributed by atoms with Gasteiger partial charge in [0.2, 0.25) is 5.91 Å². The van der Waals surface area contributed by atoms with E-state index >= 15 is 4.39 Å². The highest BCUT2D eigenvalue weighted by Gasteiger charge is 2.49. The Morgan fingerprint density at radius 1 is 1.23 bits per heavy atom. The number of nitrogens with two attached hydrogens (primary N) is 1. The number of β-amino-alcohol motifs (C(OH)–C–C–N with tert-alkyl or cyclic N) is 1. The summed E-state index contributed by atoms with van der Waals surface area (Å²) in [7, 11) is 0. The lowest BCUT2D eigenvalue weighted by Crippen LogP contribution is -2.54. The van der Waals surface area contributed by atoms with Crippen LogP contribution in [-0.4, -0.2) is 76.8 Å². The lowest BCUT2D eigenvalue weighted by Gasteiger charge is -2.34. The van der Waals surface area contributed by atoms with Crippen LogP contribution in [0.15, 0.2) is 36.4 Å². The van der Waals surface area contributed by atoms with Gasteiger partial charge in [-0.15, -0.1) is 0 Å². The summed E-state index contributed by atoms with van der Waals surface area (Å²) in [4.78, 5) is 29.0. The fourth-order valence-electron chi connectivity index (χ4n) is 5.68. The number of benzene rings is 2. The van der Waals surface area contributed by atoms with Crippen LogP contribution in [0.4, 0.5) is 8.78 Å². The Morgan fingerprint density at radius 3 is 2.55 bits per heavy atom. The van der Waals surface area contributed by atoms with E-state index in [1.54, 1.807) is 32.0 Å². The lowest BCUT2D eigenvalue weighted by atomic mass is 9.92. The average Bonchev–Trinajstić information content (AvgIpc) is 3.22. The molecule has 0 radical (unpaired) electrons. The summed E-state index contributed by atoms with van der Waals surface area (Å²) < 4.78 is 35.1. The Kier molecular flexibility index (Phi) is 8.47. The molecule has 2 aliphatic rings. The molecule has 2 atom stereocenters. The van der Waals surface area contributed by atoms with Gasteiger partial charge in [-0.2, -0.15) is 5.26 Å². The van der Waals surface area contributed by atoms with Crippen molar-refractivity contribution >= 4 is 11.8 Å². The van der Waals surface area contributed by atoms with Crippen LogP contribution >= 0.6 is 0 Å². The minimum absolute atomic E-state index is 0.0554. The zero-order valence-corrected chi connectivity index (χ0v) is 23.1. The van der Waals surface area contributed by atoms with E-state index < -0.39 is 34.9 Å². The molecule has 2 aliphatic heterocycles. The molecule has 2 amide bonds. The Morgan fingerprint density at radius 2 is 1.93 bits per heavy atom. The van der Waals surface area contributed by atoms with E-state index in [9.17, 15) is 24.3 Å². The summed E-state index contributed by atoms with van der Waals surface area (Å²) in [6, 6.07) is 11.1. The first-order chi connectivity index (χ1) is 18.8. The van der Waals surface area contributed by atoms with E-state index in [0.717, 1.165) is 36.9 Å². The molecule has 0 unspecified atom stereocenters. The van der Waals surface area contributed by atoms with Crippen LogP contribution in [0.25, 0.3) is 11.1 Å². The fourth-order valence-corrected chi connectivity index (χ4v) is 5.68. The molecule has 8 nitrogen and oxygen atoms in total. The van der Waals surface area contributed by atoms with Crippen molar-refractivity contribution in [3.8, 4) is 22.9 Å². The SMILES string of the molecule is CC(C)(F)CN1CCC(COc2ccc(-c3cccc(F)c3C(=O)N3C[C@H](O)C[C@@]3(C)C(N)=O)c(C#N)c2)CC1. The van der Waals surface area contributed by atoms with Crippen molar-refractivity contribution < 1.29 is 28.2 Å². The first kappa shape index (κ1) is 29.4. The summed E-state index contributed by atoms with van der Waals surface area (Å²) in [5.74, 6) is -1.64. The van der Waals surface area contributed by atoms with Crippen molar-refractivity contribution in [2.75, 3.05) is 32.8 Å². The first-order valence-corrected chi connectivity index (χ1v) is 13.5. The van der Waals surface area contributed by atoms with Crippen LogP contribution in [0, 0.1) is 23.1 Å². The number of carbonyl (C=O) groups is 2. The van der Waals surface area contributed by atoms with Crippen LogP contribution in [0.5, 0.6) is 5.75 Å². The fraction of sp³-hybridized carbons (Fsp3) is 0.500. The topological polar surface area (TPSA) is 120 Å². The minimum atomic E-state index is -1.48. The van der Waals surface area contributed by atoms with Gasteiger partial charge in [-0.1, -0.05) is 12.1 Å². The van der Waals surface area contributed by atoms with Crippen LogP contribution in [0.1, 0.15) is 56.0 Å². The zero-order valence-electron chi connectivity index (χ0n) is 23.1. The van der Waals surface area contributed by atoms with Gasteiger partial charge in [0, 0.05) is 25.1 Å². The summed E-state index contributed by atoms with van der Waals surface area (Å²) in [5, 5.41) is 20.1. The first-order valence-electron chi connectivity index (χ1n) is 13.5. The van der Waals surface area contributed by atoms with Crippen LogP contribution in [0.3, 0.4) is 0 Å². The largest absolute Gasteiger partial charge is 0.493 e. The highest BCUT2D eigenvalue weighted by Crippen LogP contribution is 2.36. The number of aliphatic hydroxyl groups excluding tert-OH is 1. The summed E-state index contributed by atoms with van der Waals surface area (Å²) in [6.45, 7) is 6.87. The minimum Gasteiger partial charge on any atom is -0.493 e. The monoisotopic (exact) mass is 554 g/mol. The van der Waals surface area contributed by atoms with Gasteiger partial charge >= 0.3 is 0 Å². The van der Waals surface area contributed by atoms with E-state index in [0.29, 0.717) is 30.4 Å². The number of ether oxygens (including phenoxy) is 1. The van der Waals surface area contributed by atoms with Gasteiger partial charge in [0.05, 0.1) is 29.9 Å². The number of halogens is 2. The molecular weight excluding hydrogens is 518 g/mol. The number of aliphatic hydroxyl groups is 1.